The summed E-state index contributed by atoms with van der Waals surface area (Å²) in [5.74, 6) is -0.298. The number of hydrogen-bond donors (Lipinski definition) is 1. The number of nitrogens with zero attached hydrogens (tertiary/aromatic N) is 2. The first-order chi connectivity index (χ1) is 16.3. The Morgan fingerprint density at radius 2 is 1.86 bits per heavy atom. The van der Waals surface area contributed by atoms with E-state index >= 15 is 0 Å². The third kappa shape index (κ3) is 5.57. The van der Waals surface area contributed by atoms with E-state index in [-0.39, 0.29) is 11.4 Å². The van der Waals surface area contributed by atoms with Gasteiger partial charge in [0, 0.05) is 22.2 Å². The second-order valence-electron chi connectivity index (χ2n) is 8.62. The fraction of sp³-hybridized carbons (Fsp3) is 0.320. The molecule has 0 aliphatic rings. The minimum Gasteiger partial charge on any atom is -0.496 e. The second kappa shape index (κ2) is 9.83. The first-order valence-corrected chi connectivity index (χ1v) is 10.9. The Kier molecular flexibility index (Phi) is 7.42. The average molecular weight is 509 g/mol. The molecule has 3 rings (SSSR count). The number of hydrogen-bond acceptors (Lipinski definition) is 6. The van der Waals surface area contributed by atoms with Crippen molar-refractivity contribution in [2.75, 3.05) is 14.2 Å². The van der Waals surface area contributed by atoms with Crippen LogP contribution in [0.3, 0.4) is 0 Å². The molecule has 1 atom stereocenters. The van der Waals surface area contributed by atoms with Crippen molar-refractivity contribution < 1.29 is 32.5 Å². The number of carbonyl (C=O) groups excluding carboxylic acids is 1. The molecule has 6 nitrogen and oxygen atoms in total. The maximum absolute atomic E-state index is 14.1. The smallest absolute Gasteiger partial charge is 0.422 e. The molecule has 0 saturated heterocycles. The van der Waals surface area contributed by atoms with E-state index in [9.17, 15) is 23.1 Å². The maximum Gasteiger partial charge on any atom is 0.422 e. The van der Waals surface area contributed by atoms with Crippen LogP contribution in [0.15, 0.2) is 53.5 Å². The van der Waals surface area contributed by atoms with Crippen molar-refractivity contribution >= 4 is 40.4 Å². The van der Waals surface area contributed by atoms with Gasteiger partial charge in [-0.25, -0.2) is 9.78 Å². The van der Waals surface area contributed by atoms with Crippen LogP contribution in [0.5, 0.6) is 5.75 Å². The molecular formula is C25H24ClF3N2O4. The zero-order valence-corrected chi connectivity index (χ0v) is 20.2. The van der Waals surface area contributed by atoms with Crippen molar-refractivity contribution in [3.05, 3.63) is 64.8 Å². The highest BCUT2D eigenvalue weighted by atomic mass is 35.5. The van der Waals surface area contributed by atoms with Gasteiger partial charge in [-0.15, -0.1) is 0 Å². The third-order valence-corrected chi connectivity index (χ3v) is 5.85. The van der Waals surface area contributed by atoms with Gasteiger partial charge in [0.1, 0.15) is 11.4 Å². The minimum atomic E-state index is -5.03. The zero-order chi connectivity index (χ0) is 26.0. The number of aromatic nitrogens is 1. The molecule has 0 fully saturated rings. The molecule has 10 heteroatoms. The van der Waals surface area contributed by atoms with Crippen LogP contribution in [-0.4, -0.2) is 48.3 Å². The van der Waals surface area contributed by atoms with Gasteiger partial charge in [-0.3, -0.25) is 4.99 Å². The second-order valence-corrected chi connectivity index (χ2v) is 9.05. The average Bonchev–Trinajstić information content (AvgIpc) is 2.80. The van der Waals surface area contributed by atoms with Gasteiger partial charge in [0.15, 0.2) is 5.60 Å². The van der Waals surface area contributed by atoms with Crippen LogP contribution in [0.25, 0.3) is 10.9 Å². The lowest BCUT2D eigenvalue weighted by Crippen LogP contribution is -2.50. The molecule has 0 aliphatic carbocycles. The summed E-state index contributed by atoms with van der Waals surface area (Å²) < 4.78 is 52.4. The van der Waals surface area contributed by atoms with Crippen LogP contribution in [0.4, 0.5) is 18.9 Å². The van der Waals surface area contributed by atoms with E-state index in [2.05, 4.69) is 14.7 Å². The SMILES string of the molecule is COC(=O)c1ccc2c(N=CC(O)(CC(C)(C)c3cc(Cl)ccc3OC)C(F)(F)F)cccc2n1. The van der Waals surface area contributed by atoms with Gasteiger partial charge in [-0.1, -0.05) is 31.5 Å². The van der Waals surface area contributed by atoms with Gasteiger partial charge < -0.3 is 14.6 Å². The molecule has 0 bridgehead atoms. The number of fused-ring (bicyclic) bond motifs is 1. The molecule has 1 unspecified atom stereocenters. The number of carbonyl (C=O) groups is 1. The van der Waals surface area contributed by atoms with Gasteiger partial charge in [0.05, 0.1) is 25.4 Å². The van der Waals surface area contributed by atoms with E-state index in [4.69, 9.17) is 16.3 Å². The lowest BCUT2D eigenvalue weighted by molar-refractivity contribution is -0.234. The number of methoxy groups -OCH3 is 2. The number of aliphatic imine (C=N–C) groups is 1. The van der Waals surface area contributed by atoms with Gasteiger partial charge in [0.2, 0.25) is 0 Å². The first-order valence-electron chi connectivity index (χ1n) is 10.5. The van der Waals surface area contributed by atoms with Crippen molar-refractivity contribution in [3.63, 3.8) is 0 Å². The predicted molar refractivity (Wildman–Crippen MR) is 128 cm³/mol. The molecular weight excluding hydrogens is 485 g/mol. The number of benzene rings is 2. The van der Waals surface area contributed by atoms with Crippen LogP contribution in [0.1, 0.15) is 36.3 Å². The monoisotopic (exact) mass is 508 g/mol. The largest absolute Gasteiger partial charge is 0.496 e. The molecule has 0 radical (unpaired) electrons. The van der Waals surface area contributed by atoms with Crippen molar-refractivity contribution in [1.82, 2.24) is 4.98 Å². The molecule has 0 amide bonds. The number of halogens is 4. The number of aliphatic hydroxyl groups is 1. The predicted octanol–water partition coefficient (Wildman–Crippen LogP) is 6.05. The molecule has 186 valence electrons. The van der Waals surface area contributed by atoms with Crippen LogP contribution in [0.2, 0.25) is 5.02 Å². The quantitative estimate of drug-likeness (QED) is 0.310. The van der Waals surface area contributed by atoms with Gasteiger partial charge in [0.25, 0.3) is 0 Å². The summed E-state index contributed by atoms with van der Waals surface area (Å²) in [6.07, 6.45) is -5.28. The summed E-state index contributed by atoms with van der Waals surface area (Å²) in [4.78, 5) is 19.9. The van der Waals surface area contributed by atoms with E-state index in [0.717, 1.165) is 0 Å². The van der Waals surface area contributed by atoms with Crippen LogP contribution in [-0.2, 0) is 10.2 Å². The molecule has 0 saturated carbocycles. The molecule has 0 spiro atoms. The fourth-order valence-electron chi connectivity index (χ4n) is 3.84. The van der Waals surface area contributed by atoms with Crippen molar-refractivity contribution in [2.45, 2.75) is 37.5 Å². The Morgan fingerprint density at radius 1 is 1.14 bits per heavy atom. The summed E-state index contributed by atoms with van der Waals surface area (Å²) in [7, 11) is 2.62. The van der Waals surface area contributed by atoms with Gasteiger partial charge >= 0.3 is 12.1 Å². The Morgan fingerprint density at radius 3 is 2.49 bits per heavy atom. The van der Waals surface area contributed by atoms with E-state index in [1.165, 1.54) is 44.6 Å². The number of alkyl halides is 3. The van der Waals surface area contributed by atoms with Crippen molar-refractivity contribution in [1.29, 1.82) is 0 Å². The number of pyridine rings is 1. The minimum absolute atomic E-state index is 0.0464. The van der Waals surface area contributed by atoms with Crippen LogP contribution in [0, 0.1) is 0 Å². The molecule has 2 aromatic carbocycles. The van der Waals surface area contributed by atoms with Crippen molar-refractivity contribution in [2.24, 2.45) is 4.99 Å². The fourth-order valence-corrected chi connectivity index (χ4v) is 4.02. The normalized spacial score (nSPS) is 14.2. The Hall–Kier alpha value is -3.17. The van der Waals surface area contributed by atoms with E-state index in [0.29, 0.717) is 33.5 Å². The van der Waals surface area contributed by atoms with E-state index in [1.807, 2.05) is 0 Å². The Labute approximate surface area is 205 Å². The molecule has 1 N–H and O–H groups in total. The third-order valence-electron chi connectivity index (χ3n) is 5.61. The highest BCUT2D eigenvalue weighted by Gasteiger charge is 2.55. The first kappa shape index (κ1) is 26.4. The summed E-state index contributed by atoms with van der Waals surface area (Å²) in [5.41, 5.74) is -3.54. The zero-order valence-electron chi connectivity index (χ0n) is 19.5. The molecule has 1 heterocycles. The molecule has 0 aliphatic heterocycles. The molecule has 35 heavy (non-hydrogen) atoms. The highest BCUT2D eigenvalue weighted by Crippen LogP contribution is 2.44. The van der Waals surface area contributed by atoms with E-state index in [1.54, 1.807) is 32.0 Å². The number of ether oxygens (including phenoxy) is 2. The van der Waals surface area contributed by atoms with Gasteiger partial charge in [-0.05, 0) is 54.3 Å². The Bertz CT molecular complexity index is 1280. The maximum atomic E-state index is 14.1. The summed E-state index contributed by atoms with van der Waals surface area (Å²) >= 11 is 6.08. The Balaban J connectivity index is 2.03. The van der Waals surface area contributed by atoms with Crippen molar-refractivity contribution in [3.8, 4) is 5.75 Å². The lowest BCUT2D eigenvalue weighted by atomic mass is 9.75. The number of esters is 1. The van der Waals surface area contributed by atoms with Crippen LogP contribution < -0.4 is 4.74 Å². The van der Waals surface area contributed by atoms with Gasteiger partial charge in [-0.2, -0.15) is 13.2 Å². The number of rotatable bonds is 7. The summed E-state index contributed by atoms with van der Waals surface area (Å²) in [6.45, 7) is 3.11. The topological polar surface area (TPSA) is 81.0 Å². The van der Waals surface area contributed by atoms with Crippen LogP contribution >= 0.6 is 11.6 Å². The standard InChI is InChI=1S/C25H24ClF3N2O4/c1-23(2,17-12-15(26)8-11-21(17)34-3)13-24(33,25(27,28)29)14-30-18-6-5-7-19-16(18)9-10-20(31-19)22(32)35-4/h5-12,14,33H,13H2,1-4H3. The molecule has 1 aromatic heterocycles. The summed E-state index contributed by atoms with van der Waals surface area (Å²) in [6, 6.07) is 12.2. The van der Waals surface area contributed by atoms with E-state index < -0.39 is 29.6 Å². The summed E-state index contributed by atoms with van der Waals surface area (Å²) in [5, 5.41) is 11.6. The lowest BCUT2D eigenvalue weighted by Gasteiger charge is -2.36. The molecule has 3 aromatic rings. The highest BCUT2D eigenvalue weighted by molar-refractivity contribution is 6.30.